The number of methoxy groups -OCH3 is 2. The van der Waals surface area contributed by atoms with Gasteiger partial charge in [-0.3, -0.25) is 4.79 Å². The van der Waals surface area contributed by atoms with Crippen LogP contribution >= 0.6 is 0 Å². The van der Waals surface area contributed by atoms with E-state index in [1.807, 2.05) is 31.2 Å². The zero-order chi connectivity index (χ0) is 35.7. The summed E-state index contributed by atoms with van der Waals surface area (Å²) in [6.07, 6.45) is 19.1. The molecule has 50 heavy (non-hydrogen) atoms. The van der Waals surface area contributed by atoms with Crippen LogP contribution in [0.1, 0.15) is 132 Å². The molecule has 0 aliphatic rings. The minimum atomic E-state index is -0.245. The summed E-state index contributed by atoms with van der Waals surface area (Å²) in [6, 6.07) is 9.72. The number of amides is 1. The number of hydrogen-bond donors (Lipinski definition) is 1. The smallest absolute Gasteiger partial charge is 0.272 e. The molecule has 0 fully saturated rings. The number of ether oxygens (including phenoxy) is 2. The number of hydrogen-bond acceptors (Lipinski definition) is 8. The molecule has 1 aromatic carbocycles. The van der Waals surface area contributed by atoms with Gasteiger partial charge in [-0.05, 0) is 68.2 Å². The van der Waals surface area contributed by atoms with Gasteiger partial charge in [0.05, 0.1) is 25.0 Å². The quantitative estimate of drug-likeness (QED) is 0.0781. The van der Waals surface area contributed by atoms with Crippen LogP contribution in [0.3, 0.4) is 0 Å². The number of aryl methyl sites for hydroxylation is 1. The van der Waals surface area contributed by atoms with Crippen LogP contribution in [-0.2, 0) is 0 Å². The maximum atomic E-state index is 13.5. The summed E-state index contributed by atoms with van der Waals surface area (Å²) in [7, 11) is 3.22. The lowest BCUT2D eigenvalue weighted by molar-refractivity contribution is 0.0947. The van der Waals surface area contributed by atoms with E-state index >= 15 is 0 Å². The van der Waals surface area contributed by atoms with E-state index in [-0.39, 0.29) is 5.91 Å². The van der Waals surface area contributed by atoms with Crippen LogP contribution in [0.2, 0.25) is 0 Å². The molecule has 10 heteroatoms. The summed E-state index contributed by atoms with van der Waals surface area (Å²) in [5.74, 6) is 2.48. The lowest BCUT2D eigenvalue weighted by atomic mass is 10.1. The molecule has 272 valence electrons. The molecule has 3 heterocycles. The van der Waals surface area contributed by atoms with Crippen LogP contribution in [0.5, 0.6) is 11.5 Å². The fourth-order valence-electron chi connectivity index (χ4n) is 6.27. The first-order chi connectivity index (χ1) is 24.4. The molecule has 10 nitrogen and oxygen atoms in total. The molecular formula is C40H59N7O3. The van der Waals surface area contributed by atoms with E-state index in [0.29, 0.717) is 46.0 Å². The Kier molecular flexibility index (Phi) is 15.8. The predicted octanol–water partition coefficient (Wildman–Crippen LogP) is 8.12. The Balaban J connectivity index is 1.68. The zero-order valence-corrected chi connectivity index (χ0v) is 31.4. The normalized spacial score (nSPS) is 11.8. The Morgan fingerprint density at radius 1 is 0.820 bits per heavy atom. The number of rotatable bonds is 23. The number of benzene rings is 1. The lowest BCUT2D eigenvalue weighted by Gasteiger charge is -2.24. The van der Waals surface area contributed by atoms with Crippen molar-refractivity contribution in [3.8, 4) is 22.9 Å². The minimum Gasteiger partial charge on any atom is -0.497 e. The predicted molar refractivity (Wildman–Crippen MR) is 203 cm³/mol. The highest BCUT2D eigenvalue weighted by atomic mass is 16.5. The fraction of sp³-hybridized carbons (Fsp3) is 0.575. The first-order valence-corrected chi connectivity index (χ1v) is 19.0. The Morgan fingerprint density at radius 3 is 2.10 bits per heavy atom. The van der Waals surface area contributed by atoms with Gasteiger partial charge in [-0.2, -0.15) is 9.61 Å². The Hall–Kier alpha value is -4.21. The second-order valence-corrected chi connectivity index (χ2v) is 13.2. The van der Waals surface area contributed by atoms with Gasteiger partial charge in [0.25, 0.3) is 5.91 Å². The van der Waals surface area contributed by atoms with Gasteiger partial charge in [0.15, 0.2) is 17.2 Å². The van der Waals surface area contributed by atoms with Gasteiger partial charge in [-0.25, -0.2) is 4.98 Å². The van der Waals surface area contributed by atoms with Crippen molar-refractivity contribution in [3.63, 3.8) is 0 Å². The van der Waals surface area contributed by atoms with Gasteiger partial charge in [-0.15, -0.1) is 10.2 Å². The molecule has 0 saturated carbocycles. The van der Waals surface area contributed by atoms with Crippen molar-refractivity contribution in [1.29, 1.82) is 0 Å². The first kappa shape index (κ1) is 38.6. The highest BCUT2D eigenvalue weighted by Gasteiger charge is 2.23. The molecule has 0 spiro atoms. The van der Waals surface area contributed by atoms with Crippen LogP contribution in [0, 0.1) is 6.92 Å². The van der Waals surface area contributed by atoms with Crippen LogP contribution in [0.4, 0.5) is 5.82 Å². The molecule has 4 rings (SSSR count). The number of aromatic nitrogens is 5. The number of anilines is 1. The maximum Gasteiger partial charge on any atom is 0.272 e. The number of nitrogens with zero attached hydrogens (tertiary/aromatic N) is 6. The first-order valence-electron chi connectivity index (χ1n) is 19.0. The molecular weight excluding hydrogens is 626 g/mol. The second kappa shape index (κ2) is 20.5. The molecule has 1 N–H and O–H groups in total. The highest BCUT2D eigenvalue weighted by molar-refractivity contribution is 5.94. The number of carbonyl (C=O) groups is 1. The van der Waals surface area contributed by atoms with Crippen molar-refractivity contribution in [2.45, 2.75) is 118 Å². The third-order valence-electron chi connectivity index (χ3n) is 9.31. The van der Waals surface area contributed by atoms with Crippen molar-refractivity contribution < 1.29 is 14.3 Å². The monoisotopic (exact) mass is 685 g/mol. The van der Waals surface area contributed by atoms with Gasteiger partial charge in [0, 0.05) is 25.3 Å². The maximum absolute atomic E-state index is 13.5. The SMILES string of the molecule is CCCCCCCCN(CCCCCCCC)c1ccc(/C=c2/c(C(=O)NCCCC)nn3c(-c4cc(OC)ccc4OC)nnc23)c(C)n1. The summed E-state index contributed by atoms with van der Waals surface area (Å²) >= 11 is 0. The number of nitrogens with one attached hydrogen (secondary N) is 1. The van der Waals surface area contributed by atoms with E-state index in [1.165, 1.54) is 77.0 Å². The standard InChI is InChI=1S/C40H59N7O3/c1-7-10-13-15-17-19-26-46(27-20-18-16-14-11-8-2)36-24-21-31(30(4)42-36)28-34-37(40(48)41-25-12-9-3)45-47-38(43-44-39(34)47)33-29-32(49-5)22-23-35(33)50-6/h21-24,28-29H,7-20,25-27H2,1-6H3,(H,41,48)/b34-28-. The van der Waals surface area contributed by atoms with Gasteiger partial charge < -0.3 is 19.7 Å². The Labute approximate surface area is 299 Å². The Morgan fingerprint density at radius 2 is 1.48 bits per heavy atom. The van der Waals surface area contributed by atoms with E-state index in [4.69, 9.17) is 19.6 Å². The Bertz CT molecular complexity index is 1670. The minimum absolute atomic E-state index is 0.245. The van der Waals surface area contributed by atoms with Crippen molar-refractivity contribution in [2.75, 3.05) is 38.8 Å². The molecule has 0 unspecified atom stereocenters. The number of carbonyl (C=O) groups excluding carboxylic acids is 1. The molecule has 0 aliphatic carbocycles. The third kappa shape index (κ3) is 10.4. The van der Waals surface area contributed by atoms with Crippen molar-refractivity contribution >= 4 is 23.4 Å². The summed E-state index contributed by atoms with van der Waals surface area (Å²) in [5, 5.41) is 17.4. The fourth-order valence-corrected chi connectivity index (χ4v) is 6.27. The van der Waals surface area contributed by atoms with E-state index in [1.54, 1.807) is 18.7 Å². The van der Waals surface area contributed by atoms with Crippen LogP contribution in [-0.4, -0.2) is 64.6 Å². The van der Waals surface area contributed by atoms with Gasteiger partial charge in [0.2, 0.25) is 0 Å². The number of pyridine rings is 1. The molecule has 0 saturated heterocycles. The van der Waals surface area contributed by atoms with E-state index in [9.17, 15) is 4.79 Å². The third-order valence-corrected chi connectivity index (χ3v) is 9.31. The molecule has 0 atom stereocenters. The molecule has 1 amide bonds. The summed E-state index contributed by atoms with van der Waals surface area (Å²) < 4.78 is 12.7. The van der Waals surface area contributed by atoms with Crippen molar-refractivity contribution in [2.24, 2.45) is 0 Å². The molecule has 0 radical (unpaired) electrons. The molecule has 0 aliphatic heterocycles. The number of fused-ring (bicyclic) bond motifs is 1. The van der Waals surface area contributed by atoms with Crippen molar-refractivity contribution in [3.05, 3.63) is 52.5 Å². The summed E-state index contributed by atoms with van der Waals surface area (Å²) in [6.45, 7) is 11.3. The van der Waals surface area contributed by atoms with Crippen LogP contribution < -0.4 is 24.9 Å². The van der Waals surface area contributed by atoms with Crippen LogP contribution in [0.25, 0.3) is 23.1 Å². The average molecular weight is 686 g/mol. The second-order valence-electron chi connectivity index (χ2n) is 13.2. The highest BCUT2D eigenvalue weighted by Crippen LogP contribution is 2.32. The van der Waals surface area contributed by atoms with E-state index in [0.717, 1.165) is 43.0 Å². The largest absolute Gasteiger partial charge is 0.497 e. The average Bonchev–Trinajstić information content (AvgIpc) is 3.70. The summed E-state index contributed by atoms with van der Waals surface area (Å²) in [4.78, 5) is 21.1. The number of unbranched alkanes of at least 4 members (excludes halogenated alkanes) is 11. The summed E-state index contributed by atoms with van der Waals surface area (Å²) in [5.41, 5.74) is 3.25. The molecule has 0 bridgehead atoms. The zero-order valence-electron chi connectivity index (χ0n) is 31.4. The lowest BCUT2D eigenvalue weighted by Crippen LogP contribution is -2.29. The van der Waals surface area contributed by atoms with Gasteiger partial charge in [-0.1, -0.05) is 91.4 Å². The molecule has 4 aromatic rings. The molecule has 3 aromatic heterocycles. The van der Waals surface area contributed by atoms with E-state index < -0.39 is 0 Å². The van der Waals surface area contributed by atoms with Crippen LogP contribution in [0.15, 0.2) is 30.3 Å². The van der Waals surface area contributed by atoms with E-state index in [2.05, 4.69) is 53.3 Å². The van der Waals surface area contributed by atoms with Gasteiger partial charge >= 0.3 is 0 Å². The van der Waals surface area contributed by atoms with Crippen molar-refractivity contribution in [1.82, 2.24) is 30.1 Å². The van der Waals surface area contributed by atoms with Gasteiger partial charge in [0.1, 0.15) is 17.3 Å². The topological polar surface area (TPSA) is 107 Å².